The van der Waals surface area contributed by atoms with Gasteiger partial charge in [-0.1, -0.05) is 109 Å². The van der Waals surface area contributed by atoms with Crippen LogP contribution in [0.25, 0.3) is 0 Å². The van der Waals surface area contributed by atoms with Crippen LogP contribution >= 0.6 is 0 Å². The molecule has 4 aromatic carbocycles. The number of nitrogens with one attached hydrogen (secondary N) is 3. The van der Waals surface area contributed by atoms with Crippen LogP contribution in [0.4, 0.5) is 5.69 Å². The Labute approximate surface area is 287 Å². The van der Waals surface area contributed by atoms with Crippen LogP contribution in [-0.2, 0) is 0 Å². The van der Waals surface area contributed by atoms with Crippen LogP contribution in [0, 0.1) is 0 Å². The van der Waals surface area contributed by atoms with Crippen molar-refractivity contribution in [1.29, 1.82) is 0 Å². The van der Waals surface area contributed by atoms with Crippen LogP contribution in [0.2, 0.25) is 0 Å². The second-order valence-corrected chi connectivity index (χ2v) is 15.6. The summed E-state index contributed by atoms with van der Waals surface area (Å²) >= 11 is 0. The lowest BCUT2D eigenvalue weighted by atomic mass is 9.82. The summed E-state index contributed by atoms with van der Waals surface area (Å²) in [6, 6.07) is 50.0. The molecule has 0 aliphatic carbocycles. The SMILES string of the molecule is c1ccc(C2C3CCC(CC4CCC(N4)C(c4ccccc4)C4CCC(C(c5ccccc5)C5CCC2N5)N4c2ccccc2)N3)cc1. The molecule has 5 saturated heterocycles. The average Bonchev–Trinajstić information content (AvgIpc) is 3.97. The standard InChI is InChI=1S/C44H52N4/c1-5-13-30(14-6-1)42-36-23-21-33(45-36)29-34-22-24-38(46-34)43(31-15-7-2-8-16-31)40-27-28-41(48(40)35-19-11-4-12-20-35)44(32-17-9-3-10-18-32)39-26-25-37(42)47-39/h1-20,33-34,36-47H,21-29H2. The van der Waals surface area contributed by atoms with E-state index in [4.69, 9.17) is 0 Å². The monoisotopic (exact) mass is 636 g/mol. The molecular weight excluding hydrogens is 585 g/mol. The second-order valence-electron chi connectivity index (χ2n) is 15.6. The highest BCUT2D eigenvalue weighted by atomic mass is 15.2. The molecule has 5 aliphatic heterocycles. The van der Waals surface area contributed by atoms with E-state index in [0.29, 0.717) is 66.1 Å². The van der Waals surface area contributed by atoms with Crippen molar-refractivity contribution in [3.05, 3.63) is 138 Å². The molecular formula is C44H52N4. The lowest BCUT2D eigenvalue weighted by molar-refractivity contribution is 0.332. The summed E-state index contributed by atoms with van der Waals surface area (Å²) < 4.78 is 0. The van der Waals surface area contributed by atoms with Crippen LogP contribution < -0.4 is 20.9 Å². The molecule has 5 aliphatic rings. The van der Waals surface area contributed by atoms with Gasteiger partial charge in [0.1, 0.15) is 0 Å². The largest absolute Gasteiger partial charge is 0.364 e. The van der Waals surface area contributed by atoms with Gasteiger partial charge in [-0.2, -0.15) is 0 Å². The van der Waals surface area contributed by atoms with E-state index in [1.165, 1.54) is 80.2 Å². The van der Waals surface area contributed by atoms with Gasteiger partial charge in [-0.05, 0) is 86.6 Å². The summed E-state index contributed by atoms with van der Waals surface area (Å²) in [6.45, 7) is 0. The summed E-state index contributed by atoms with van der Waals surface area (Å²) in [5, 5.41) is 12.9. The number of para-hydroxylation sites is 1. The van der Waals surface area contributed by atoms with Crippen molar-refractivity contribution in [2.45, 2.75) is 124 Å². The Bertz CT molecular complexity index is 1610. The van der Waals surface area contributed by atoms with Crippen molar-refractivity contribution in [2.75, 3.05) is 4.90 Å². The normalized spacial score (nSPS) is 36.3. The Morgan fingerprint density at radius 1 is 0.375 bits per heavy atom. The zero-order chi connectivity index (χ0) is 31.9. The van der Waals surface area contributed by atoms with E-state index >= 15 is 0 Å². The van der Waals surface area contributed by atoms with Gasteiger partial charge in [0.15, 0.2) is 0 Å². The zero-order valence-electron chi connectivity index (χ0n) is 28.2. The maximum absolute atomic E-state index is 4.40. The Morgan fingerprint density at radius 2 is 0.750 bits per heavy atom. The molecule has 3 N–H and O–H groups in total. The van der Waals surface area contributed by atoms with E-state index in [9.17, 15) is 0 Å². The average molecular weight is 637 g/mol. The Morgan fingerprint density at radius 3 is 1.25 bits per heavy atom. The topological polar surface area (TPSA) is 39.3 Å². The first-order chi connectivity index (χ1) is 23.8. The summed E-state index contributed by atoms with van der Waals surface area (Å²) in [6.07, 6.45) is 11.2. The van der Waals surface area contributed by atoms with E-state index in [-0.39, 0.29) is 0 Å². The highest BCUT2D eigenvalue weighted by molar-refractivity contribution is 5.53. The molecule has 48 heavy (non-hydrogen) atoms. The van der Waals surface area contributed by atoms with Gasteiger partial charge < -0.3 is 20.9 Å². The van der Waals surface area contributed by atoms with E-state index in [1.54, 1.807) is 0 Å². The van der Waals surface area contributed by atoms with Gasteiger partial charge >= 0.3 is 0 Å². The van der Waals surface area contributed by atoms with Crippen LogP contribution in [0.3, 0.4) is 0 Å². The molecule has 0 amide bonds. The highest BCUT2D eigenvalue weighted by Crippen LogP contribution is 2.48. The molecule has 0 radical (unpaired) electrons. The summed E-state index contributed by atoms with van der Waals surface area (Å²) in [5.74, 6) is 1.34. The predicted molar refractivity (Wildman–Crippen MR) is 198 cm³/mol. The summed E-state index contributed by atoms with van der Waals surface area (Å²) in [5.41, 5.74) is 5.89. The number of rotatable bonds is 4. The lowest BCUT2D eigenvalue weighted by Crippen LogP contribution is -2.52. The number of anilines is 1. The molecule has 248 valence electrons. The number of benzene rings is 4. The fourth-order valence-electron chi connectivity index (χ4n) is 11.1. The minimum Gasteiger partial charge on any atom is -0.364 e. The Hall–Kier alpha value is -3.44. The fourth-order valence-corrected chi connectivity index (χ4v) is 11.1. The van der Waals surface area contributed by atoms with Gasteiger partial charge in [0.25, 0.3) is 0 Å². The molecule has 5 heterocycles. The summed E-state index contributed by atoms with van der Waals surface area (Å²) in [7, 11) is 0. The predicted octanol–water partition coefficient (Wildman–Crippen LogP) is 8.14. The molecule has 0 aromatic heterocycles. The minimum atomic E-state index is 0.413. The van der Waals surface area contributed by atoms with E-state index in [0.717, 1.165) is 0 Å². The van der Waals surface area contributed by atoms with E-state index in [1.807, 2.05) is 0 Å². The molecule has 11 atom stereocenters. The van der Waals surface area contributed by atoms with Gasteiger partial charge in [-0.25, -0.2) is 0 Å². The molecule has 5 fully saturated rings. The third kappa shape index (κ3) is 5.80. The molecule has 4 nitrogen and oxygen atoms in total. The Balaban J connectivity index is 1.17. The summed E-state index contributed by atoms with van der Waals surface area (Å²) in [4.78, 5) is 2.92. The molecule has 0 saturated carbocycles. The van der Waals surface area contributed by atoms with Gasteiger partial charge in [-0.15, -0.1) is 0 Å². The first-order valence-corrected chi connectivity index (χ1v) is 19.1. The molecule has 4 aromatic rings. The maximum atomic E-state index is 4.40. The third-order valence-electron chi connectivity index (χ3n) is 13.0. The van der Waals surface area contributed by atoms with Crippen LogP contribution in [0.1, 0.15) is 92.2 Å². The first kappa shape index (κ1) is 30.6. The van der Waals surface area contributed by atoms with Gasteiger partial charge in [0.2, 0.25) is 0 Å². The zero-order valence-corrected chi connectivity index (χ0v) is 28.2. The van der Waals surface area contributed by atoms with Crippen molar-refractivity contribution in [1.82, 2.24) is 16.0 Å². The number of hydrogen-bond donors (Lipinski definition) is 3. The van der Waals surface area contributed by atoms with Gasteiger partial charge in [-0.3, -0.25) is 0 Å². The number of fused-ring (bicyclic) bond motifs is 8. The highest BCUT2D eigenvalue weighted by Gasteiger charge is 2.50. The maximum Gasteiger partial charge on any atom is 0.0377 e. The van der Waals surface area contributed by atoms with Crippen molar-refractivity contribution in [3.8, 4) is 0 Å². The van der Waals surface area contributed by atoms with Crippen molar-refractivity contribution < 1.29 is 0 Å². The van der Waals surface area contributed by atoms with Crippen molar-refractivity contribution in [2.24, 2.45) is 0 Å². The first-order valence-electron chi connectivity index (χ1n) is 19.1. The third-order valence-corrected chi connectivity index (χ3v) is 13.0. The molecule has 4 heteroatoms. The fraction of sp³-hybridized carbons (Fsp3) is 0.455. The number of nitrogens with zero attached hydrogens (tertiary/aromatic N) is 1. The van der Waals surface area contributed by atoms with Gasteiger partial charge in [0.05, 0.1) is 0 Å². The molecule has 9 rings (SSSR count). The minimum absolute atomic E-state index is 0.413. The van der Waals surface area contributed by atoms with Crippen LogP contribution in [0.15, 0.2) is 121 Å². The quantitative estimate of drug-likeness (QED) is 0.212. The number of hydrogen-bond acceptors (Lipinski definition) is 4. The van der Waals surface area contributed by atoms with Crippen LogP contribution in [-0.4, -0.2) is 48.3 Å². The smallest absolute Gasteiger partial charge is 0.0377 e. The van der Waals surface area contributed by atoms with Crippen LogP contribution in [0.5, 0.6) is 0 Å². The molecule has 8 bridgehead atoms. The van der Waals surface area contributed by atoms with Gasteiger partial charge in [0, 0.05) is 71.8 Å². The molecule has 0 spiro atoms. The van der Waals surface area contributed by atoms with E-state index < -0.39 is 0 Å². The second kappa shape index (κ2) is 13.5. The molecule has 11 unspecified atom stereocenters. The van der Waals surface area contributed by atoms with E-state index in [2.05, 4.69) is 142 Å². The Kier molecular flexibility index (Phi) is 8.58. The lowest BCUT2D eigenvalue weighted by Gasteiger charge is -2.44. The van der Waals surface area contributed by atoms with Crippen molar-refractivity contribution in [3.63, 3.8) is 0 Å². The van der Waals surface area contributed by atoms with Crippen molar-refractivity contribution >= 4 is 5.69 Å².